The zero-order valence-corrected chi connectivity index (χ0v) is 9.04. The Morgan fingerprint density at radius 2 is 2.38 bits per heavy atom. The minimum absolute atomic E-state index is 0.00273. The van der Waals surface area contributed by atoms with Crippen molar-refractivity contribution < 1.29 is 4.79 Å². The van der Waals surface area contributed by atoms with Gasteiger partial charge in [0.1, 0.15) is 12.2 Å². The van der Waals surface area contributed by atoms with Gasteiger partial charge in [-0.3, -0.25) is 9.69 Å². The van der Waals surface area contributed by atoms with Crippen LogP contribution in [0.3, 0.4) is 0 Å². The number of amides is 1. The van der Waals surface area contributed by atoms with Gasteiger partial charge in [-0.15, -0.1) is 10.2 Å². The second-order valence-corrected chi connectivity index (χ2v) is 3.97. The zero-order chi connectivity index (χ0) is 11.5. The van der Waals surface area contributed by atoms with E-state index < -0.39 is 0 Å². The molecule has 0 aliphatic carbocycles. The fraction of sp³-hybridized carbons (Fsp3) is 0.667. The minimum atomic E-state index is -0.317. The Kier molecular flexibility index (Phi) is 3.16. The molecule has 1 amide bonds. The van der Waals surface area contributed by atoms with E-state index in [1.54, 1.807) is 6.33 Å². The number of hydrogen-bond acceptors (Lipinski definition) is 5. The van der Waals surface area contributed by atoms with Crippen LogP contribution in [0.1, 0.15) is 12.2 Å². The van der Waals surface area contributed by atoms with Gasteiger partial charge in [-0.1, -0.05) is 0 Å². The number of hydrogen-bond donors (Lipinski definition) is 2. The van der Waals surface area contributed by atoms with Crippen LogP contribution in [0.4, 0.5) is 0 Å². The van der Waals surface area contributed by atoms with Gasteiger partial charge in [-0.2, -0.15) is 0 Å². The van der Waals surface area contributed by atoms with Crippen LogP contribution in [-0.4, -0.2) is 44.7 Å². The van der Waals surface area contributed by atoms with Crippen LogP contribution in [0.25, 0.3) is 0 Å². The number of aromatic nitrogens is 3. The molecule has 0 radical (unpaired) electrons. The average molecular weight is 224 g/mol. The fourth-order valence-electron chi connectivity index (χ4n) is 1.99. The van der Waals surface area contributed by atoms with E-state index in [-0.39, 0.29) is 11.9 Å². The van der Waals surface area contributed by atoms with Gasteiger partial charge in [0, 0.05) is 32.1 Å². The molecular formula is C9H16N6O. The lowest BCUT2D eigenvalue weighted by Gasteiger charge is -2.33. The molecule has 1 unspecified atom stereocenters. The van der Waals surface area contributed by atoms with E-state index in [0.29, 0.717) is 19.5 Å². The molecular weight excluding hydrogens is 208 g/mol. The van der Waals surface area contributed by atoms with Crippen molar-refractivity contribution in [2.24, 2.45) is 11.5 Å². The Bertz CT molecular complexity index is 376. The Balaban J connectivity index is 2.03. The van der Waals surface area contributed by atoms with Crippen LogP contribution >= 0.6 is 0 Å². The monoisotopic (exact) mass is 224 g/mol. The predicted octanol–water partition coefficient (Wildman–Crippen LogP) is -1.70. The first-order valence-corrected chi connectivity index (χ1v) is 5.30. The molecule has 7 nitrogen and oxygen atoms in total. The first-order chi connectivity index (χ1) is 7.70. The summed E-state index contributed by atoms with van der Waals surface area (Å²) in [7, 11) is 0. The van der Waals surface area contributed by atoms with Crippen molar-refractivity contribution in [2.45, 2.75) is 25.6 Å². The third-order valence-corrected chi connectivity index (χ3v) is 2.89. The highest BCUT2D eigenvalue weighted by molar-refractivity contribution is 5.74. The molecule has 0 bridgehead atoms. The number of nitrogens with two attached hydrogens (primary N) is 2. The van der Waals surface area contributed by atoms with E-state index in [9.17, 15) is 4.79 Å². The molecule has 7 heteroatoms. The smallest absolute Gasteiger partial charge is 0.219 e. The number of primary amides is 1. The number of nitrogens with zero attached hydrogens (tertiary/aromatic N) is 4. The van der Waals surface area contributed by atoms with Crippen molar-refractivity contribution >= 4 is 5.91 Å². The number of carbonyl (C=O) groups is 1. The fourth-order valence-corrected chi connectivity index (χ4v) is 1.99. The third kappa shape index (κ3) is 2.20. The van der Waals surface area contributed by atoms with E-state index in [1.165, 1.54) is 0 Å². The van der Waals surface area contributed by atoms with E-state index in [2.05, 4.69) is 15.1 Å². The van der Waals surface area contributed by atoms with Gasteiger partial charge in [-0.25, -0.2) is 0 Å². The first kappa shape index (κ1) is 11.0. The lowest BCUT2D eigenvalue weighted by Crippen LogP contribution is -2.46. The molecule has 2 rings (SSSR count). The quantitative estimate of drug-likeness (QED) is 0.634. The zero-order valence-electron chi connectivity index (χ0n) is 9.04. The molecule has 1 aromatic heterocycles. The molecule has 88 valence electrons. The molecule has 0 saturated heterocycles. The summed E-state index contributed by atoms with van der Waals surface area (Å²) in [6.07, 6.45) is 2.02. The van der Waals surface area contributed by atoms with Crippen LogP contribution in [0.2, 0.25) is 0 Å². The Labute approximate surface area is 93.4 Å². The maximum Gasteiger partial charge on any atom is 0.219 e. The molecule has 0 aromatic carbocycles. The summed E-state index contributed by atoms with van der Waals surface area (Å²) in [6, 6.07) is 0.00273. The SMILES string of the molecule is NCC(CC(N)=O)N1CCn2cnnc2C1. The van der Waals surface area contributed by atoms with Gasteiger partial charge in [0.25, 0.3) is 0 Å². The van der Waals surface area contributed by atoms with E-state index in [1.807, 2.05) is 4.57 Å². The number of rotatable bonds is 4. The lowest BCUT2D eigenvalue weighted by molar-refractivity contribution is -0.119. The van der Waals surface area contributed by atoms with Gasteiger partial charge in [0.05, 0.1) is 6.54 Å². The second-order valence-electron chi connectivity index (χ2n) is 3.97. The van der Waals surface area contributed by atoms with Crippen LogP contribution in [0.15, 0.2) is 6.33 Å². The van der Waals surface area contributed by atoms with Crippen molar-refractivity contribution in [1.29, 1.82) is 0 Å². The van der Waals surface area contributed by atoms with E-state index >= 15 is 0 Å². The molecule has 4 N–H and O–H groups in total. The molecule has 1 aromatic rings. The largest absolute Gasteiger partial charge is 0.370 e. The van der Waals surface area contributed by atoms with Crippen molar-refractivity contribution in [1.82, 2.24) is 19.7 Å². The highest BCUT2D eigenvalue weighted by atomic mass is 16.1. The summed E-state index contributed by atoms with van der Waals surface area (Å²) in [4.78, 5) is 13.0. The summed E-state index contributed by atoms with van der Waals surface area (Å²) < 4.78 is 2.01. The van der Waals surface area contributed by atoms with Gasteiger partial charge in [-0.05, 0) is 0 Å². The van der Waals surface area contributed by atoms with E-state index in [0.717, 1.165) is 18.9 Å². The molecule has 0 fully saturated rings. The molecule has 0 saturated carbocycles. The summed E-state index contributed by atoms with van der Waals surface area (Å²) in [5, 5.41) is 7.86. The maximum absolute atomic E-state index is 10.9. The van der Waals surface area contributed by atoms with Crippen LogP contribution in [-0.2, 0) is 17.9 Å². The van der Waals surface area contributed by atoms with Crippen LogP contribution in [0.5, 0.6) is 0 Å². The van der Waals surface area contributed by atoms with Crippen LogP contribution < -0.4 is 11.5 Å². The van der Waals surface area contributed by atoms with Crippen molar-refractivity contribution in [3.8, 4) is 0 Å². The third-order valence-electron chi connectivity index (χ3n) is 2.89. The molecule has 1 aliphatic rings. The summed E-state index contributed by atoms with van der Waals surface area (Å²) in [5.74, 6) is 0.594. The normalized spacial score (nSPS) is 18.1. The molecule has 0 spiro atoms. The second kappa shape index (κ2) is 4.58. The van der Waals surface area contributed by atoms with Gasteiger partial charge in [0.15, 0.2) is 0 Å². The first-order valence-electron chi connectivity index (χ1n) is 5.30. The minimum Gasteiger partial charge on any atom is -0.370 e. The number of carbonyl (C=O) groups excluding carboxylic acids is 1. The Hall–Kier alpha value is -1.47. The summed E-state index contributed by atoms with van der Waals surface area (Å²) in [5.41, 5.74) is 10.9. The van der Waals surface area contributed by atoms with Gasteiger partial charge >= 0.3 is 0 Å². The maximum atomic E-state index is 10.9. The van der Waals surface area contributed by atoms with Crippen molar-refractivity contribution in [3.63, 3.8) is 0 Å². The topological polar surface area (TPSA) is 103 Å². The molecule has 1 atom stereocenters. The average Bonchev–Trinajstić information content (AvgIpc) is 2.72. The number of fused-ring (bicyclic) bond motifs is 1. The van der Waals surface area contributed by atoms with Crippen LogP contribution in [0, 0.1) is 0 Å². The lowest BCUT2D eigenvalue weighted by atomic mass is 10.1. The molecule has 1 aliphatic heterocycles. The summed E-state index contributed by atoms with van der Waals surface area (Å²) >= 11 is 0. The van der Waals surface area contributed by atoms with Gasteiger partial charge in [0.2, 0.25) is 5.91 Å². The van der Waals surface area contributed by atoms with Crippen molar-refractivity contribution in [3.05, 3.63) is 12.2 Å². The van der Waals surface area contributed by atoms with Gasteiger partial charge < -0.3 is 16.0 Å². The standard InChI is InChI=1S/C9H16N6O/c10-4-7(3-8(11)16)14-1-2-15-6-12-13-9(15)5-14/h6-7H,1-5,10H2,(H2,11,16). The molecule has 2 heterocycles. The predicted molar refractivity (Wildman–Crippen MR) is 57.1 cm³/mol. The highest BCUT2D eigenvalue weighted by Gasteiger charge is 2.24. The highest BCUT2D eigenvalue weighted by Crippen LogP contribution is 2.13. The van der Waals surface area contributed by atoms with E-state index in [4.69, 9.17) is 11.5 Å². The Morgan fingerprint density at radius 1 is 1.56 bits per heavy atom. The Morgan fingerprint density at radius 3 is 3.06 bits per heavy atom. The van der Waals surface area contributed by atoms with Crippen molar-refractivity contribution in [2.75, 3.05) is 13.1 Å². The molecule has 16 heavy (non-hydrogen) atoms. The summed E-state index contributed by atoms with van der Waals surface area (Å²) in [6.45, 7) is 2.78.